The first kappa shape index (κ1) is 16.1. The van der Waals surface area contributed by atoms with Crippen LogP contribution in [-0.4, -0.2) is 48.2 Å². The minimum absolute atomic E-state index is 0.0161. The number of Topliss-reactive ketones (excluding diaryl/α,β-unsaturated/α-hetero) is 2. The van der Waals surface area contributed by atoms with E-state index in [2.05, 4.69) is 5.32 Å². The molecule has 8 heteroatoms. The first-order chi connectivity index (χ1) is 10.4. The molecule has 1 heterocycles. The molecule has 8 nitrogen and oxygen atoms in total. The van der Waals surface area contributed by atoms with Gasteiger partial charge in [0.05, 0.1) is 13.2 Å². The van der Waals surface area contributed by atoms with Crippen LogP contribution in [0.25, 0.3) is 0 Å². The van der Waals surface area contributed by atoms with Gasteiger partial charge in [-0.1, -0.05) is 0 Å². The second-order valence-electron chi connectivity index (χ2n) is 5.25. The predicted octanol–water partition coefficient (Wildman–Crippen LogP) is -0.710. The third-order valence-corrected chi connectivity index (χ3v) is 4.14. The molecule has 0 radical (unpaired) electrons. The van der Waals surface area contributed by atoms with E-state index in [0.717, 1.165) is 0 Å². The van der Waals surface area contributed by atoms with E-state index in [1.807, 2.05) is 0 Å². The Morgan fingerprint density at radius 3 is 2.27 bits per heavy atom. The van der Waals surface area contributed by atoms with Crippen molar-refractivity contribution in [3.05, 3.63) is 0 Å². The molecule has 1 aliphatic heterocycles. The van der Waals surface area contributed by atoms with Crippen molar-refractivity contribution in [1.82, 2.24) is 5.32 Å². The normalized spacial score (nSPS) is 30.5. The van der Waals surface area contributed by atoms with Crippen LogP contribution < -0.4 is 5.32 Å². The van der Waals surface area contributed by atoms with E-state index in [0.29, 0.717) is 0 Å². The van der Waals surface area contributed by atoms with Crippen LogP contribution >= 0.6 is 0 Å². The summed E-state index contributed by atoms with van der Waals surface area (Å²) in [6.07, 6.45) is -0.788. The number of esters is 2. The number of ketones is 2. The lowest BCUT2D eigenvalue weighted by molar-refractivity contribution is -0.177. The lowest BCUT2D eigenvalue weighted by Gasteiger charge is -2.41. The first-order valence-electron chi connectivity index (χ1n) is 7.08. The van der Waals surface area contributed by atoms with Gasteiger partial charge in [-0.2, -0.15) is 0 Å². The Kier molecular flexibility index (Phi) is 4.04. The fourth-order valence-electron chi connectivity index (χ4n) is 3.15. The van der Waals surface area contributed by atoms with Crippen molar-refractivity contribution < 1.29 is 33.4 Å². The van der Waals surface area contributed by atoms with Gasteiger partial charge >= 0.3 is 11.9 Å². The molecule has 0 aromatic carbocycles. The largest absolute Gasteiger partial charge is 0.465 e. The Bertz CT molecular complexity index is 570. The third-order valence-electron chi connectivity index (χ3n) is 4.14. The van der Waals surface area contributed by atoms with E-state index in [1.165, 1.54) is 0 Å². The highest BCUT2D eigenvalue weighted by Crippen LogP contribution is 2.49. The van der Waals surface area contributed by atoms with Gasteiger partial charge in [0.15, 0.2) is 11.0 Å². The molecule has 0 unspecified atom stereocenters. The molecule has 2 aliphatic rings. The van der Waals surface area contributed by atoms with E-state index in [9.17, 15) is 24.0 Å². The Hall–Kier alpha value is -2.25. The molecular weight excluding hydrogens is 294 g/mol. The van der Waals surface area contributed by atoms with Crippen LogP contribution in [0.2, 0.25) is 0 Å². The Labute approximate surface area is 126 Å². The van der Waals surface area contributed by atoms with E-state index < -0.39 is 41.0 Å². The second kappa shape index (κ2) is 5.51. The van der Waals surface area contributed by atoms with Crippen molar-refractivity contribution in [2.24, 2.45) is 5.41 Å². The SMILES string of the molecule is CCOC(=O)[C@]12CCC(=O)C[C@@]1(C(=O)OCC)NC(=O)C2=O. The lowest BCUT2D eigenvalue weighted by Crippen LogP contribution is -2.66. The summed E-state index contributed by atoms with van der Waals surface area (Å²) in [6, 6.07) is 0. The topological polar surface area (TPSA) is 116 Å². The number of amides is 1. The van der Waals surface area contributed by atoms with Crippen molar-refractivity contribution in [3.63, 3.8) is 0 Å². The Morgan fingerprint density at radius 1 is 1.09 bits per heavy atom. The minimum atomic E-state index is -2.03. The van der Waals surface area contributed by atoms with Crippen molar-refractivity contribution in [3.8, 4) is 0 Å². The molecule has 0 bridgehead atoms. The van der Waals surface area contributed by atoms with E-state index >= 15 is 0 Å². The van der Waals surface area contributed by atoms with Crippen molar-refractivity contribution in [1.29, 1.82) is 0 Å². The van der Waals surface area contributed by atoms with Gasteiger partial charge in [0.25, 0.3) is 5.91 Å². The van der Waals surface area contributed by atoms with E-state index in [4.69, 9.17) is 9.47 Å². The molecule has 2 rings (SSSR count). The fourth-order valence-corrected chi connectivity index (χ4v) is 3.15. The van der Waals surface area contributed by atoms with Gasteiger partial charge < -0.3 is 14.8 Å². The predicted molar refractivity (Wildman–Crippen MR) is 70.4 cm³/mol. The van der Waals surface area contributed by atoms with Gasteiger partial charge in [-0.25, -0.2) is 4.79 Å². The average molecular weight is 311 g/mol. The standard InChI is InChI=1S/C14H17NO7/c1-3-21-11(19)13-6-5-8(16)7-14(13,12(20)22-4-2)15-10(18)9(13)17/h3-7H2,1-2H3,(H,15,18)/t13-,14+/m1/s1. The number of carbonyl (C=O) groups excluding carboxylic acids is 5. The number of carbonyl (C=O) groups is 5. The number of nitrogens with one attached hydrogen (secondary N) is 1. The van der Waals surface area contributed by atoms with Gasteiger partial charge in [0.1, 0.15) is 5.78 Å². The number of hydrogen-bond donors (Lipinski definition) is 1. The maximum Gasteiger partial charge on any atom is 0.334 e. The Balaban J connectivity index is 2.62. The zero-order valence-corrected chi connectivity index (χ0v) is 12.4. The van der Waals surface area contributed by atoms with Crippen molar-refractivity contribution in [2.75, 3.05) is 13.2 Å². The summed E-state index contributed by atoms with van der Waals surface area (Å²) >= 11 is 0. The van der Waals surface area contributed by atoms with Crippen LogP contribution in [0.1, 0.15) is 33.1 Å². The molecule has 1 saturated carbocycles. The van der Waals surface area contributed by atoms with Crippen LogP contribution in [-0.2, 0) is 33.4 Å². The molecule has 1 aliphatic carbocycles. The molecule has 1 saturated heterocycles. The zero-order chi connectivity index (χ0) is 16.5. The third kappa shape index (κ3) is 1.93. The molecule has 0 spiro atoms. The monoisotopic (exact) mass is 311 g/mol. The number of rotatable bonds is 4. The Morgan fingerprint density at radius 2 is 1.68 bits per heavy atom. The smallest absolute Gasteiger partial charge is 0.334 e. The lowest BCUT2D eigenvalue weighted by atomic mass is 9.60. The quantitative estimate of drug-likeness (QED) is 0.414. The van der Waals surface area contributed by atoms with Gasteiger partial charge in [0.2, 0.25) is 5.78 Å². The van der Waals surface area contributed by atoms with Crippen LogP contribution in [0, 0.1) is 5.41 Å². The molecule has 0 aromatic heterocycles. The molecule has 22 heavy (non-hydrogen) atoms. The molecule has 0 aromatic rings. The highest BCUT2D eigenvalue weighted by Gasteiger charge is 2.75. The summed E-state index contributed by atoms with van der Waals surface area (Å²) < 4.78 is 9.84. The molecular formula is C14H17NO7. The highest BCUT2D eigenvalue weighted by molar-refractivity contribution is 6.47. The zero-order valence-electron chi connectivity index (χ0n) is 12.4. The second-order valence-corrected chi connectivity index (χ2v) is 5.25. The van der Waals surface area contributed by atoms with Crippen LogP contribution in [0.4, 0.5) is 0 Å². The van der Waals surface area contributed by atoms with Crippen molar-refractivity contribution in [2.45, 2.75) is 38.6 Å². The molecule has 2 atom stereocenters. The van der Waals surface area contributed by atoms with Gasteiger partial charge in [0, 0.05) is 12.8 Å². The van der Waals surface area contributed by atoms with Crippen molar-refractivity contribution >= 4 is 29.4 Å². The number of fused-ring (bicyclic) bond motifs is 1. The molecule has 1 N–H and O–H groups in total. The van der Waals surface area contributed by atoms with E-state index in [1.54, 1.807) is 13.8 Å². The molecule has 120 valence electrons. The van der Waals surface area contributed by atoms with Gasteiger partial charge in [-0.15, -0.1) is 0 Å². The van der Waals surface area contributed by atoms with Gasteiger partial charge in [-0.3, -0.25) is 19.2 Å². The summed E-state index contributed by atoms with van der Waals surface area (Å²) in [7, 11) is 0. The number of hydrogen-bond acceptors (Lipinski definition) is 7. The highest BCUT2D eigenvalue weighted by atomic mass is 16.5. The fraction of sp³-hybridized carbons (Fsp3) is 0.643. The molecule has 1 amide bonds. The van der Waals surface area contributed by atoms with Crippen LogP contribution in [0.15, 0.2) is 0 Å². The maximum absolute atomic E-state index is 12.4. The van der Waals surface area contributed by atoms with Crippen LogP contribution in [0.3, 0.4) is 0 Å². The molecule has 2 fully saturated rings. The average Bonchev–Trinajstić information content (AvgIpc) is 2.69. The summed E-state index contributed by atoms with van der Waals surface area (Å²) in [5.41, 5.74) is -4.03. The summed E-state index contributed by atoms with van der Waals surface area (Å²) in [5, 5.41) is 2.23. The minimum Gasteiger partial charge on any atom is -0.465 e. The van der Waals surface area contributed by atoms with Crippen LogP contribution in [0.5, 0.6) is 0 Å². The summed E-state index contributed by atoms with van der Waals surface area (Å²) in [4.78, 5) is 60.9. The van der Waals surface area contributed by atoms with E-state index in [-0.39, 0.29) is 31.8 Å². The number of ether oxygens (including phenoxy) is 2. The summed E-state index contributed by atoms with van der Waals surface area (Å²) in [6.45, 7) is 3.06. The summed E-state index contributed by atoms with van der Waals surface area (Å²) in [5.74, 6) is -4.39. The maximum atomic E-state index is 12.4. The van der Waals surface area contributed by atoms with Gasteiger partial charge in [-0.05, 0) is 20.3 Å². The first-order valence-corrected chi connectivity index (χ1v) is 7.08.